The Bertz CT molecular complexity index is 667. The molecule has 2 rings (SSSR count). The average molecular weight is 347 g/mol. The summed E-state index contributed by atoms with van der Waals surface area (Å²) in [6, 6.07) is 6.55. The quantitative estimate of drug-likeness (QED) is 0.690. The Balaban J connectivity index is 1.91. The summed E-state index contributed by atoms with van der Waals surface area (Å²) in [7, 11) is 3.86. The zero-order valence-corrected chi connectivity index (χ0v) is 15.0. The van der Waals surface area contributed by atoms with Gasteiger partial charge in [0.25, 0.3) is 5.91 Å². The third kappa shape index (κ3) is 4.36. The van der Waals surface area contributed by atoms with Crippen molar-refractivity contribution in [2.24, 2.45) is 17.3 Å². The van der Waals surface area contributed by atoms with E-state index in [2.05, 4.69) is 10.6 Å². The van der Waals surface area contributed by atoms with Gasteiger partial charge in [-0.2, -0.15) is 0 Å². The minimum Gasteiger partial charge on any atom is -0.481 e. The zero-order chi connectivity index (χ0) is 18.8. The first-order chi connectivity index (χ1) is 11.6. The minimum absolute atomic E-state index is 0.172. The van der Waals surface area contributed by atoms with Gasteiger partial charge in [-0.3, -0.25) is 14.4 Å². The normalized spacial score (nSPS) is 20.8. The van der Waals surface area contributed by atoms with Crippen molar-refractivity contribution in [3.63, 3.8) is 0 Å². The average Bonchev–Trinajstić information content (AvgIpc) is 3.10. The maximum absolute atomic E-state index is 12.3. The molecule has 0 unspecified atom stereocenters. The molecule has 0 aliphatic heterocycles. The molecule has 1 aromatic rings. The van der Waals surface area contributed by atoms with Crippen molar-refractivity contribution in [3.8, 4) is 0 Å². The van der Waals surface area contributed by atoms with Gasteiger partial charge in [-0.25, -0.2) is 0 Å². The Morgan fingerprint density at radius 1 is 1.12 bits per heavy atom. The lowest BCUT2D eigenvalue weighted by Crippen LogP contribution is -2.31. The van der Waals surface area contributed by atoms with Gasteiger partial charge in [-0.15, -0.1) is 0 Å². The molecule has 7 heteroatoms. The number of hydrogen-bond acceptors (Lipinski definition) is 4. The lowest BCUT2D eigenvalue weighted by molar-refractivity contribution is -0.140. The number of aliphatic carboxylic acids is 1. The lowest BCUT2D eigenvalue weighted by atomic mass is 10.1. The molecule has 3 N–H and O–H groups in total. The first kappa shape index (κ1) is 18.9. The molecule has 7 nitrogen and oxygen atoms in total. The van der Waals surface area contributed by atoms with Crippen molar-refractivity contribution in [1.82, 2.24) is 10.2 Å². The molecule has 0 bridgehead atoms. The summed E-state index contributed by atoms with van der Waals surface area (Å²) in [4.78, 5) is 37.4. The van der Waals surface area contributed by atoms with E-state index < -0.39 is 23.2 Å². The molecule has 2 amide bonds. The first-order valence-electron chi connectivity index (χ1n) is 8.21. The predicted molar refractivity (Wildman–Crippen MR) is 94.4 cm³/mol. The molecule has 1 aliphatic carbocycles. The second-order valence-corrected chi connectivity index (χ2v) is 7.24. The van der Waals surface area contributed by atoms with E-state index in [1.807, 2.05) is 19.0 Å². The van der Waals surface area contributed by atoms with E-state index in [4.69, 9.17) is 5.11 Å². The van der Waals surface area contributed by atoms with Crippen LogP contribution in [-0.2, 0) is 9.59 Å². The van der Waals surface area contributed by atoms with Crippen LogP contribution in [0.15, 0.2) is 24.3 Å². The molecule has 0 radical (unpaired) electrons. The summed E-state index contributed by atoms with van der Waals surface area (Å²) in [6.45, 7) is 4.86. The molecule has 0 heterocycles. The molecule has 0 spiro atoms. The van der Waals surface area contributed by atoms with E-state index in [0.717, 1.165) is 6.54 Å². The highest BCUT2D eigenvalue weighted by atomic mass is 16.4. The van der Waals surface area contributed by atoms with Gasteiger partial charge in [-0.1, -0.05) is 13.8 Å². The molecule has 25 heavy (non-hydrogen) atoms. The van der Waals surface area contributed by atoms with Gasteiger partial charge >= 0.3 is 5.97 Å². The van der Waals surface area contributed by atoms with Crippen LogP contribution in [0, 0.1) is 17.3 Å². The summed E-state index contributed by atoms with van der Waals surface area (Å²) in [5, 5.41) is 14.7. The van der Waals surface area contributed by atoms with Crippen LogP contribution in [0.5, 0.6) is 0 Å². The Morgan fingerprint density at radius 2 is 1.72 bits per heavy atom. The van der Waals surface area contributed by atoms with Crippen LogP contribution in [0.3, 0.4) is 0 Å². The van der Waals surface area contributed by atoms with Gasteiger partial charge in [-0.05, 0) is 43.8 Å². The maximum atomic E-state index is 12.3. The summed E-state index contributed by atoms with van der Waals surface area (Å²) in [6.07, 6.45) is 0. The monoisotopic (exact) mass is 347 g/mol. The van der Waals surface area contributed by atoms with Crippen LogP contribution < -0.4 is 10.6 Å². The number of benzene rings is 1. The van der Waals surface area contributed by atoms with Crippen LogP contribution in [0.25, 0.3) is 0 Å². The fraction of sp³-hybridized carbons (Fsp3) is 0.500. The summed E-state index contributed by atoms with van der Waals surface area (Å²) in [5.41, 5.74) is 0.510. The summed E-state index contributed by atoms with van der Waals surface area (Å²) in [5.74, 6) is -2.63. The number of carbonyl (C=O) groups excluding carboxylic acids is 2. The highest BCUT2D eigenvalue weighted by molar-refractivity contribution is 6.00. The van der Waals surface area contributed by atoms with Crippen LogP contribution in [0.1, 0.15) is 24.2 Å². The number of carbonyl (C=O) groups is 3. The maximum Gasteiger partial charge on any atom is 0.307 e. The Morgan fingerprint density at radius 3 is 2.20 bits per heavy atom. The SMILES string of the molecule is CN(C)CCNC(=O)c1ccc(NC(=O)[C@@H]2[C@@H](C(=O)O)C2(C)C)cc1. The summed E-state index contributed by atoms with van der Waals surface area (Å²) < 4.78 is 0. The topological polar surface area (TPSA) is 98.7 Å². The molecular formula is C18H25N3O4. The highest BCUT2D eigenvalue weighted by Crippen LogP contribution is 2.58. The molecule has 1 aliphatic rings. The Kier molecular flexibility index (Phi) is 5.47. The fourth-order valence-electron chi connectivity index (χ4n) is 3.01. The third-order valence-electron chi connectivity index (χ3n) is 4.64. The van der Waals surface area contributed by atoms with Crippen LogP contribution in [-0.4, -0.2) is 55.0 Å². The number of likely N-dealkylation sites (N-methyl/N-ethyl adjacent to an activating group) is 1. The minimum atomic E-state index is -0.949. The van der Waals surface area contributed by atoms with E-state index in [-0.39, 0.29) is 11.8 Å². The molecule has 2 atom stereocenters. The van der Waals surface area contributed by atoms with Gasteiger partial charge in [0.05, 0.1) is 11.8 Å². The summed E-state index contributed by atoms with van der Waals surface area (Å²) >= 11 is 0. The van der Waals surface area contributed by atoms with Crippen molar-refractivity contribution in [1.29, 1.82) is 0 Å². The fourth-order valence-corrected chi connectivity index (χ4v) is 3.01. The van der Waals surface area contributed by atoms with Gasteiger partial charge in [0.2, 0.25) is 5.91 Å². The molecule has 136 valence electrons. The lowest BCUT2D eigenvalue weighted by Gasteiger charge is -2.11. The number of nitrogens with zero attached hydrogens (tertiary/aromatic N) is 1. The van der Waals surface area contributed by atoms with Crippen LogP contribution in [0.4, 0.5) is 5.69 Å². The number of anilines is 1. The largest absolute Gasteiger partial charge is 0.481 e. The van der Waals surface area contributed by atoms with Gasteiger partial charge in [0.1, 0.15) is 0 Å². The number of carboxylic acid groups (broad SMARTS) is 1. The van der Waals surface area contributed by atoms with Crippen molar-refractivity contribution in [3.05, 3.63) is 29.8 Å². The van der Waals surface area contributed by atoms with E-state index in [9.17, 15) is 14.4 Å². The van der Waals surface area contributed by atoms with Crippen LogP contribution >= 0.6 is 0 Å². The zero-order valence-electron chi connectivity index (χ0n) is 15.0. The predicted octanol–water partition coefficient (Wildman–Crippen LogP) is 1.27. The standard InChI is InChI=1S/C18H25N3O4/c1-18(2)13(14(18)17(24)25)16(23)20-12-7-5-11(6-8-12)15(22)19-9-10-21(3)4/h5-8,13-14H,9-10H2,1-4H3,(H,19,22)(H,20,23)(H,24,25)/t13-,14-/m0/s1. The van der Waals surface area contributed by atoms with Crippen molar-refractivity contribution in [2.75, 3.05) is 32.5 Å². The highest BCUT2D eigenvalue weighted by Gasteiger charge is 2.65. The van der Waals surface area contributed by atoms with Crippen molar-refractivity contribution < 1.29 is 19.5 Å². The molecular weight excluding hydrogens is 322 g/mol. The van der Waals surface area contributed by atoms with Gasteiger partial charge < -0.3 is 20.6 Å². The molecule has 1 saturated carbocycles. The van der Waals surface area contributed by atoms with E-state index in [1.165, 1.54) is 0 Å². The third-order valence-corrected chi connectivity index (χ3v) is 4.64. The number of nitrogens with one attached hydrogen (secondary N) is 2. The number of hydrogen-bond donors (Lipinski definition) is 3. The molecule has 0 saturated heterocycles. The van der Waals surface area contributed by atoms with Crippen LogP contribution in [0.2, 0.25) is 0 Å². The van der Waals surface area contributed by atoms with Gasteiger partial charge in [0, 0.05) is 24.3 Å². The van der Waals surface area contributed by atoms with Gasteiger partial charge in [0.15, 0.2) is 0 Å². The molecule has 1 fully saturated rings. The smallest absolute Gasteiger partial charge is 0.307 e. The van der Waals surface area contributed by atoms with Crippen molar-refractivity contribution in [2.45, 2.75) is 13.8 Å². The Labute approximate surface area is 147 Å². The first-order valence-corrected chi connectivity index (χ1v) is 8.21. The number of rotatable bonds is 7. The van der Waals surface area contributed by atoms with E-state index >= 15 is 0 Å². The number of amides is 2. The van der Waals surface area contributed by atoms with Crippen molar-refractivity contribution >= 4 is 23.5 Å². The molecule has 0 aromatic heterocycles. The molecule has 1 aromatic carbocycles. The second kappa shape index (κ2) is 7.23. The Hall–Kier alpha value is -2.41. The van der Waals surface area contributed by atoms with E-state index in [0.29, 0.717) is 17.8 Å². The number of carboxylic acids is 1. The van der Waals surface area contributed by atoms with E-state index in [1.54, 1.807) is 38.1 Å². The second-order valence-electron chi connectivity index (χ2n) is 7.24.